The third-order valence-corrected chi connectivity index (χ3v) is 3.31. The van der Waals surface area contributed by atoms with Gasteiger partial charge in [-0.25, -0.2) is 9.78 Å². The van der Waals surface area contributed by atoms with Gasteiger partial charge in [-0.05, 0) is 26.4 Å². The molecule has 1 aromatic heterocycles. The van der Waals surface area contributed by atoms with Gasteiger partial charge in [0.15, 0.2) is 5.69 Å². The quantitative estimate of drug-likeness (QED) is 0.821. The normalized spacial score (nSPS) is 16.6. The highest BCUT2D eigenvalue weighted by atomic mass is 32.1. The number of likely N-dealkylation sites (tertiary alicyclic amines) is 1. The summed E-state index contributed by atoms with van der Waals surface area (Å²) in [6.45, 7) is 4.83. The van der Waals surface area contributed by atoms with E-state index in [0.717, 1.165) is 29.5 Å². The summed E-state index contributed by atoms with van der Waals surface area (Å²) in [7, 11) is 0. The molecule has 1 saturated heterocycles. The van der Waals surface area contributed by atoms with Crippen LogP contribution in [0.5, 0.6) is 0 Å². The number of carbonyl (C=O) groups is 1. The molecular weight excluding hydrogens is 200 g/mol. The van der Waals surface area contributed by atoms with Gasteiger partial charge in [0.25, 0.3) is 0 Å². The van der Waals surface area contributed by atoms with E-state index in [9.17, 15) is 4.79 Å². The second-order valence-corrected chi connectivity index (χ2v) is 4.73. The average molecular weight is 212 g/mol. The van der Waals surface area contributed by atoms with E-state index >= 15 is 0 Å². The fraction of sp³-hybridized carbons (Fsp3) is 0.556. The molecule has 1 N–H and O–H groups in total. The lowest BCUT2D eigenvalue weighted by Gasteiger charge is -2.29. The van der Waals surface area contributed by atoms with Crippen LogP contribution >= 0.6 is 11.3 Å². The summed E-state index contributed by atoms with van der Waals surface area (Å²) in [6.07, 6.45) is 1.25. The smallest absolute Gasteiger partial charge is 0.355 e. The summed E-state index contributed by atoms with van der Waals surface area (Å²) in [4.78, 5) is 17.9. The van der Waals surface area contributed by atoms with Crippen LogP contribution in [0.2, 0.25) is 0 Å². The Hall–Kier alpha value is -0.940. The summed E-state index contributed by atoms with van der Waals surface area (Å²) < 4.78 is 0. The van der Waals surface area contributed by atoms with Crippen molar-refractivity contribution in [2.24, 2.45) is 0 Å². The van der Waals surface area contributed by atoms with Gasteiger partial charge in [0.05, 0.1) is 6.54 Å². The predicted molar refractivity (Wildman–Crippen MR) is 53.7 cm³/mol. The highest BCUT2D eigenvalue weighted by Gasteiger charge is 2.18. The molecule has 0 aromatic carbocycles. The molecule has 1 fully saturated rings. The molecule has 4 nitrogen and oxygen atoms in total. The number of hydrogen-bond acceptors (Lipinski definition) is 4. The minimum Gasteiger partial charge on any atom is -0.476 e. The molecule has 0 unspecified atom stereocenters. The molecule has 2 rings (SSSR count). The third-order valence-electron chi connectivity index (χ3n) is 2.35. The SMILES string of the molecule is Cc1sc(CN2CCC2)nc1C(=O)O. The van der Waals surface area contributed by atoms with Gasteiger partial charge < -0.3 is 5.11 Å². The van der Waals surface area contributed by atoms with Crippen LogP contribution in [-0.4, -0.2) is 34.0 Å². The Labute approximate surface area is 86.2 Å². The van der Waals surface area contributed by atoms with Gasteiger partial charge in [0, 0.05) is 4.88 Å². The van der Waals surface area contributed by atoms with Gasteiger partial charge in [0.1, 0.15) is 5.01 Å². The van der Waals surface area contributed by atoms with Gasteiger partial charge in [-0.1, -0.05) is 0 Å². The maximum Gasteiger partial charge on any atom is 0.355 e. The van der Waals surface area contributed by atoms with E-state index in [2.05, 4.69) is 9.88 Å². The number of thiazole rings is 1. The second kappa shape index (κ2) is 3.67. The zero-order chi connectivity index (χ0) is 10.1. The van der Waals surface area contributed by atoms with Crippen LogP contribution in [0.3, 0.4) is 0 Å². The first kappa shape index (κ1) is 9.61. The van der Waals surface area contributed by atoms with Crippen molar-refractivity contribution in [3.05, 3.63) is 15.6 Å². The fourth-order valence-electron chi connectivity index (χ4n) is 1.45. The zero-order valence-corrected chi connectivity index (χ0v) is 8.80. The Morgan fingerprint density at radius 1 is 1.64 bits per heavy atom. The zero-order valence-electron chi connectivity index (χ0n) is 7.99. The first-order valence-corrected chi connectivity index (χ1v) is 5.40. The summed E-state index contributed by atoms with van der Waals surface area (Å²) in [6, 6.07) is 0. The molecule has 1 aliphatic rings. The van der Waals surface area contributed by atoms with Gasteiger partial charge in [-0.15, -0.1) is 11.3 Å². The Bertz CT molecular complexity index is 358. The van der Waals surface area contributed by atoms with E-state index in [1.54, 1.807) is 6.92 Å². The van der Waals surface area contributed by atoms with Crippen LogP contribution in [0.15, 0.2) is 0 Å². The number of carboxylic acids is 1. The molecule has 1 aromatic rings. The molecule has 76 valence electrons. The molecule has 2 heterocycles. The number of nitrogens with zero attached hydrogens (tertiary/aromatic N) is 2. The molecule has 0 bridgehead atoms. The van der Waals surface area contributed by atoms with E-state index < -0.39 is 5.97 Å². The lowest BCUT2D eigenvalue weighted by Crippen LogP contribution is -2.36. The van der Waals surface area contributed by atoms with Crippen molar-refractivity contribution in [1.29, 1.82) is 0 Å². The van der Waals surface area contributed by atoms with Crippen LogP contribution < -0.4 is 0 Å². The Morgan fingerprint density at radius 2 is 2.36 bits per heavy atom. The van der Waals surface area contributed by atoms with Crippen LogP contribution in [-0.2, 0) is 6.54 Å². The summed E-state index contributed by atoms with van der Waals surface area (Å²) >= 11 is 1.49. The lowest BCUT2D eigenvalue weighted by molar-refractivity contribution is 0.0690. The van der Waals surface area contributed by atoms with Gasteiger partial charge >= 0.3 is 5.97 Å². The van der Waals surface area contributed by atoms with Gasteiger partial charge in [0.2, 0.25) is 0 Å². The van der Waals surface area contributed by atoms with Crippen molar-refractivity contribution in [3.8, 4) is 0 Å². The molecule has 5 heteroatoms. The first-order valence-electron chi connectivity index (χ1n) is 4.59. The van der Waals surface area contributed by atoms with Crippen molar-refractivity contribution < 1.29 is 9.90 Å². The molecule has 0 spiro atoms. The van der Waals surface area contributed by atoms with Crippen LogP contribution in [0.25, 0.3) is 0 Å². The standard InChI is InChI=1S/C9H12N2O2S/c1-6-8(9(12)13)10-7(14-6)5-11-3-2-4-11/h2-5H2,1H3,(H,12,13). The monoisotopic (exact) mass is 212 g/mol. The van der Waals surface area contributed by atoms with E-state index in [1.807, 2.05) is 0 Å². The molecule has 0 aliphatic carbocycles. The number of aryl methyl sites for hydroxylation is 1. The van der Waals surface area contributed by atoms with Crippen LogP contribution in [0.1, 0.15) is 26.8 Å². The molecule has 0 saturated carbocycles. The van der Waals surface area contributed by atoms with Gasteiger partial charge in [-0.2, -0.15) is 0 Å². The largest absolute Gasteiger partial charge is 0.476 e. The molecule has 1 aliphatic heterocycles. The number of rotatable bonds is 3. The van der Waals surface area contributed by atoms with Crippen molar-refractivity contribution in [2.45, 2.75) is 19.9 Å². The summed E-state index contributed by atoms with van der Waals surface area (Å²) in [5, 5.41) is 9.73. The van der Waals surface area contributed by atoms with E-state index in [0.29, 0.717) is 0 Å². The minimum absolute atomic E-state index is 0.213. The summed E-state index contributed by atoms with van der Waals surface area (Å²) in [5.41, 5.74) is 0.213. The van der Waals surface area contributed by atoms with E-state index in [1.165, 1.54) is 17.8 Å². The topological polar surface area (TPSA) is 53.4 Å². The van der Waals surface area contributed by atoms with Crippen molar-refractivity contribution in [3.63, 3.8) is 0 Å². The highest BCUT2D eigenvalue weighted by molar-refractivity contribution is 7.11. The first-order chi connectivity index (χ1) is 6.66. The molecule has 14 heavy (non-hydrogen) atoms. The molecule has 0 radical (unpaired) electrons. The Kier molecular flexibility index (Phi) is 2.52. The Morgan fingerprint density at radius 3 is 2.79 bits per heavy atom. The van der Waals surface area contributed by atoms with Crippen molar-refractivity contribution in [2.75, 3.05) is 13.1 Å². The molecular formula is C9H12N2O2S. The highest BCUT2D eigenvalue weighted by Crippen LogP contribution is 2.20. The maximum absolute atomic E-state index is 10.7. The molecule has 0 amide bonds. The van der Waals surface area contributed by atoms with Crippen molar-refractivity contribution in [1.82, 2.24) is 9.88 Å². The predicted octanol–water partition coefficient (Wildman–Crippen LogP) is 1.36. The van der Waals surface area contributed by atoms with Crippen molar-refractivity contribution >= 4 is 17.3 Å². The minimum atomic E-state index is -0.923. The van der Waals surface area contributed by atoms with Crippen LogP contribution in [0.4, 0.5) is 0 Å². The van der Waals surface area contributed by atoms with E-state index in [4.69, 9.17) is 5.11 Å². The fourth-order valence-corrected chi connectivity index (χ4v) is 2.42. The number of aromatic carboxylic acids is 1. The Balaban J connectivity index is 2.10. The van der Waals surface area contributed by atoms with Gasteiger partial charge in [-0.3, -0.25) is 4.90 Å². The number of aromatic nitrogens is 1. The number of hydrogen-bond donors (Lipinski definition) is 1. The molecule has 0 atom stereocenters. The number of carboxylic acid groups (broad SMARTS) is 1. The maximum atomic E-state index is 10.7. The third kappa shape index (κ3) is 1.78. The second-order valence-electron chi connectivity index (χ2n) is 3.45. The average Bonchev–Trinajstić information content (AvgIpc) is 2.39. The summed E-state index contributed by atoms with van der Waals surface area (Å²) in [5.74, 6) is -0.923. The van der Waals surface area contributed by atoms with E-state index in [-0.39, 0.29) is 5.69 Å². The van der Waals surface area contributed by atoms with Crippen LogP contribution in [0, 0.1) is 6.92 Å². The lowest BCUT2D eigenvalue weighted by atomic mass is 10.2.